The average Bonchev–Trinajstić information content (AvgIpc) is 2.76. The van der Waals surface area contributed by atoms with Crippen molar-refractivity contribution in [3.63, 3.8) is 0 Å². The van der Waals surface area contributed by atoms with Crippen molar-refractivity contribution < 1.29 is 9.21 Å². The van der Waals surface area contributed by atoms with E-state index in [0.717, 1.165) is 5.82 Å². The third kappa shape index (κ3) is 1.83. The third-order valence-corrected chi connectivity index (χ3v) is 2.40. The topological polar surface area (TPSA) is 48.0 Å². The molecule has 0 aromatic carbocycles. The van der Waals surface area contributed by atoms with Gasteiger partial charge in [-0.15, -0.1) is 0 Å². The molecule has 0 aliphatic carbocycles. The normalized spacial score (nSPS) is 10.5. The summed E-state index contributed by atoms with van der Waals surface area (Å²) in [6.07, 6.45) is 5.35. The number of imidazole rings is 1. The molecule has 0 bridgehead atoms. The SMILES string of the molecule is Cc1occc1C(=O)Cc1nccn1C. The summed E-state index contributed by atoms with van der Waals surface area (Å²) in [6, 6.07) is 1.70. The first-order valence-electron chi connectivity index (χ1n) is 4.72. The Labute approximate surface area is 87.5 Å². The molecule has 4 heteroatoms. The Morgan fingerprint density at radius 2 is 2.40 bits per heavy atom. The van der Waals surface area contributed by atoms with Crippen molar-refractivity contribution in [2.24, 2.45) is 7.05 Å². The van der Waals surface area contributed by atoms with Gasteiger partial charge in [0.2, 0.25) is 0 Å². The summed E-state index contributed by atoms with van der Waals surface area (Å²) in [6.45, 7) is 1.78. The van der Waals surface area contributed by atoms with Crippen LogP contribution in [0.1, 0.15) is 21.9 Å². The minimum Gasteiger partial charge on any atom is -0.469 e. The molecule has 0 aliphatic rings. The van der Waals surface area contributed by atoms with E-state index in [9.17, 15) is 4.79 Å². The predicted molar refractivity (Wildman–Crippen MR) is 54.7 cm³/mol. The molecule has 0 saturated heterocycles. The van der Waals surface area contributed by atoms with Gasteiger partial charge in [0.1, 0.15) is 11.6 Å². The van der Waals surface area contributed by atoms with E-state index in [2.05, 4.69) is 4.98 Å². The van der Waals surface area contributed by atoms with Crippen LogP contribution < -0.4 is 0 Å². The molecule has 0 saturated carbocycles. The van der Waals surface area contributed by atoms with Gasteiger partial charge < -0.3 is 8.98 Å². The Kier molecular flexibility index (Phi) is 2.41. The lowest BCUT2D eigenvalue weighted by Gasteiger charge is -2.00. The van der Waals surface area contributed by atoms with Gasteiger partial charge in [0.25, 0.3) is 0 Å². The zero-order valence-electron chi connectivity index (χ0n) is 8.73. The van der Waals surface area contributed by atoms with Crippen LogP contribution in [0, 0.1) is 6.92 Å². The van der Waals surface area contributed by atoms with Crippen molar-refractivity contribution >= 4 is 5.78 Å². The molecule has 0 fully saturated rings. The number of ketones is 1. The smallest absolute Gasteiger partial charge is 0.173 e. The number of rotatable bonds is 3. The largest absolute Gasteiger partial charge is 0.469 e. The standard InChI is InChI=1S/C11H12N2O2/c1-8-9(3-6-15-8)10(14)7-11-12-4-5-13(11)2/h3-6H,7H2,1-2H3. The van der Waals surface area contributed by atoms with Gasteiger partial charge in [-0.2, -0.15) is 0 Å². The summed E-state index contributed by atoms with van der Waals surface area (Å²) in [7, 11) is 1.87. The molecule has 0 aliphatic heterocycles. The van der Waals surface area contributed by atoms with Gasteiger partial charge in [0.15, 0.2) is 5.78 Å². The second-order valence-electron chi connectivity index (χ2n) is 3.44. The van der Waals surface area contributed by atoms with Crippen molar-refractivity contribution in [2.75, 3.05) is 0 Å². The highest BCUT2D eigenvalue weighted by Crippen LogP contribution is 2.11. The minimum absolute atomic E-state index is 0.0375. The van der Waals surface area contributed by atoms with Gasteiger partial charge >= 0.3 is 0 Å². The maximum atomic E-state index is 11.8. The average molecular weight is 204 g/mol. The summed E-state index contributed by atoms with van der Waals surface area (Å²) < 4.78 is 6.93. The molecule has 0 radical (unpaired) electrons. The van der Waals surface area contributed by atoms with Crippen molar-refractivity contribution in [3.8, 4) is 0 Å². The van der Waals surface area contributed by atoms with Gasteiger partial charge in [-0.3, -0.25) is 4.79 Å². The molecule has 15 heavy (non-hydrogen) atoms. The lowest BCUT2D eigenvalue weighted by atomic mass is 10.1. The zero-order chi connectivity index (χ0) is 10.8. The fourth-order valence-electron chi connectivity index (χ4n) is 1.48. The van der Waals surface area contributed by atoms with Gasteiger partial charge in [-0.05, 0) is 13.0 Å². The van der Waals surface area contributed by atoms with Crippen molar-refractivity contribution in [1.82, 2.24) is 9.55 Å². The van der Waals surface area contributed by atoms with E-state index in [-0.39, 0.29) is 5.78 Å². The molecule has 0 amide bonds. The van der Waals surface area contributed by atoms with E-state index in [1.54, 1.807) is 19.2 Å². The number of nitrogens with zero attached hydrogens (tertiary/aromatic N) is 2. The number of furan rings is 1. The number of carbonyl (C=O) groups excluding carboxylic acids is 1. The van der Waals surface area contributed by atoms with Crippen LogP contribution in [-0.2, 0) is 13.5 Å². The molecule has 2 aromatic heterocycles. The molecule has 2 rings (SSSR count). The second kappa shape index (κ2) is 3.73. The quantitative estimate of drug-likeness (QED) is 0.715. The van der Waals surface area contributed by atoms with Crippen molar-refractivity contribution in [1.29, 1.82) is 0 Å². The minimum atomic E-state index is 0.0375. The zero-order valence-corrected chi connectivity index (χ0v) is 8.73. The molecule has 0 unspecified atom stereocenters. The van der Waals surface area contributed by atoms with Gasteiger partial charge in [0.05, 0.1) is 18.2 Å². The Morgan fingerprint density at radius 1 is 1.60 bits per heavy atom. The number of hydrogen-bond donors (Lipinski definition) is 0. The number of Topliss-reactive ketones (excluding diaryl/α,β-unsaturated/α-hetero) is 1. The van der Waals surface area contributed by atoms with Crippen LogP contribution in [0.25, 0.3) is 0 Å². The van der Waals surface area contributed by atoms with Crippen LogP contribution in [-0.4, -0.2) is 15.3 Å². The van der Waals surface area contributed by atoms with E-state index in [1.165, 1.54) is 6.26 Å². The molecule has 78 valence electrons. The van der Waals surface area contributed by atoms with Crippen molar-refractivity contribution in [2.45, 2.75) is 13.3 Å². The van der Waals surface area contributed by atoms with Crippen LogP contribution in [0.15, 0.2) is 29.1 Å². The number of hydrogen-bond acceptors (Lipinski definition) is 3. The first-order valence-corrected chi connectivity index (χ1v) is 4.72. The summed E-state index contributed by atoms with van der Waals surface area (Å²) in [5, 5.41) is 0. The second-order valence-corrected chi connectivity index (χ2v) is 3.44. The predicted octanol–water partition coefficient (Wildman–Crippen LogP) is 1.75. The maximum Gasteiger partial charge on any atom is 0.173 e. The van der Waals surface area contributed by atoms with Crippen molar-refractivity contribution in [3.05, 3.63) is 41.9 Å². The Morgan fingerprint density at radius 3 is 2.93 bits per heavy atom. The van der Waals surface area contributed by atoms with E-state index in [4.69, 9.17) is 4.42 Å². The highest BCUT2D eigenvalue weighted by Gasteiger charge is 2.13. The maximum absolute atomic E-state index is 11.8. The van der Waals surface area contributed by atoms with Gasteiger partial charge in [0, 0.05) is 19.4 Å². The first-order chi connectivity index (χ1) is 7.18. The fourth-order valence-corrected chi connectivity index (χ4v) is 1.48. The summed E-state index contributed by atoms with van der Waals surface area (Å²) in [5.74, 6) is 1.46. The van der Waals surface area contributed by atoms with Crippen LogP contribution in [0.4, 0.5) is 0 Å². The molecule has 0 spiro atoms. The molecule has 2 heterocycles. The van der Waals surface area contributed by atoms with E-state index in [1.807, 2.05) is 17.8 Å². The van der Waals surface area contributed by atoms with E-state index >= 15 is 0 Å². The number of carbonyl (C=O) groups is 1. The molecular weight excluding hydrogens is 192 g/mol. The Hall–Kier alpha value is -1.84. The summed E-state index contributed by atoms with van der Waals surface area (Å²) >= 11 is 0. The summed E-state index contributed by atoms with van der Waals surface area (Å²) in [4.78, 5) is 15.9. The first kappa shape index (κ1) is 9.71. The van der Waals surface area contributed by atoms with Crippen LogP contribution in [0.3, 0.4) is 0 Å². The van der Waals surface area contributed by atoms with Gasteiger partial charge in [-0.25, -0.2) is 4.98 Å². The van der Waals surface area contributed by atoms with Crippen LogP contribution >= 0.6 is 0 Å². The lowest BCUT2D eigenvalue weighted by Crippen LogP contribution is -2.08. The number of aromatic nitrogens is 2. The highest BCUT2D eigenvalue weighted by molar-refractivity contribution is 5.97. The third-order valence-electron chi connectivity index (χ3n) is 2.40. The molecule has 0 atom stereocenters. The Bertz CT molecular complexity index is 482. The van der Waals surface area contributed by atoms with Gasteiger partial charge in [-0.1, -0.05) is 0 Å². The van der Waals surface area contributed by atoms with E-state index < -0.39 is 0 Å². The molecular formula is C11H12N2O2. The number of aryl methyl sites for hydroxylation is 2. The highest BCUT2D eigenvalue weighted by atomic mass is 16.3. The lowest BCUT2D eigenvalue weighted by molar-refractivity contribution is 0.0988. The Balaban J connectivity index is 2.18. The van der Waals surface area contributed by atoms with Crippen LogP contribution in [0.5, 0.6) is 0 Å². The van der Waals surface area contributed by atoms with E-state index in [0.29, 0.717) is 17.7 Å². The van der Waals surface area contributed by atoms with Crippen LogP contribution in [0.2, 0.25) is 0 Å². The fraction of sp³-hybridized carbons (Fsp3) is 0.273. The monoisotopic (exact) mass is 204 g/mol. The molecule has 0 N–H and O–H groups in total. The molecule has 2 aromatic rings. The summed E-state index contributed by atoms with van der Waals surface area (Å²) in [5.41, 5.74) is 0.637. The molecule has 4 nitrogen and oxygen atoms in total.